The number of anilines is 1. The standard InChI is InChI=1S/C32H24N4O2S/c1-35(25-16-18-27(37)19-17-25)32-33-31(38)30(39-32)20-22-12-14-26(15-13-22)36-29(24-10-6-3-7-11-24)21-28(34-36)23-8-4-2-5-9-23/h2-21,37H,1H3. The number of carbonyl (C=O) groups excluding carboxylic acids is 1. The number of amides is 1. The SMILES string of the molecule is CN(C1=NC(=O)C(=Cc2ccc(-n3nc(-c4ccccc4)cc3-c3ccccc3)cc2)S1)c1ccc(O)cc1. The second-order valence-electron chi connectivity index (χ2n) is 9.04. The summed E-state index contributed by atoms with van der Waals surface area (Å²) in [5.74, 6) is -0.0776. The predicted octanol–water partition coefficient (Wildman–Crippen LogP) is 7.02. The van der Waals surface area contributed by atoms with Gasteiger partial charge in [-0.3, -0.25) is 4.79 Å². The average Bonchev–Trinajstić information content (AvgIpc) is 3.59. The van der Waals surface area contributed by atoms with E-state index in [2.05, 4.69) is 35.3 Å². The Bertz CT molecular complexity index is 1690. The first-order chi connectivity index (χ1) is 19.0. The summed E-state index contributed by atoms with van der Waals surface area (Å²) in [6.07, 6.45) is 1.86. The number of aromatic hydroxyl groups is 1. The van der Waals surface area contributed by atoms with Crippen LogP contribution in [-0.2, 0) is 4.79 Å². The molecule has 0 saturated carbocycles. The van der Waals surface area contributed by atoms with Crippen LogP contribution in [-0.4, -0.2) is 33.0 Å². The number of aliphatic imine (C=N–C) groups is 1. The maximum atomic E-state index is 12.6. The van der Waals surface area contributed by atoms with Crippen molar-refractivity contribution < 1.29 is 9.90 Å². The van der Waals surface area contributed by atoms with Gasteiger partial charge in [0, 0.05) is 23.9 Å². The summed E-state index contributed by atoms with van der Waals surface area (Å²) in [4.78, 5) is 19.3. The highest BCUT2D eigenvalue weighted by molar-refractivity contribution is 8.18. The van der Waals surface area contributed by atoms with Crippen molar-refractivity contribution in [3.8, 4) is 34.0 Å². The Balaban J connectivity index is 1.27. The highest BCUT2D eigenvalue weighted by atomic mass is 32.2. The number of amidine groups is 1. The minimum atomic E-state index is -0.268. The van der Waals surface area contributed by atoms with Crippen LogP contribution in [0.1, 0.15) is 5.56 Å². The van der Waals surface area contributed by atoms with Crippen molar-refractivity contribution in [1.82, 2.24) is 9.78 Å². The summed E-state index contributed by atoms with van der Waals surface area (Å²) in [7, 11) is 1.85. The molecule has 0 atom stereocenters. The number of rotatable bonds is 5. The fourth-order valence-electron chi connectivity index (χ4n) is 4.33. The van der Waals surface area contributed by atoms with E-state index in [1.807, 2.05) is 83.4 Å². The second-order valence-corrected chi connectivity index (χ2v) is 10.0. The van der Waals surface area contributed by atoms with Gasteiger partial charge in [0.15, 0.2) is 5.17 Å². The number of nitrogens with zero attached hydrogens (tertiary/aromatic N) is 4. The van der Waals surface area contributed by atoms with Gasteiger partial charge in [0.1, 0.15) is 5.75 Å². The Morgan fingerprint density at radius 1 is 0.821 bits per heavy atom. The van der Waals surface area contributed by atoms with E-state index < -0.39 is 0 Å². The molecule has 5 aromatic rings. The van der Waals surface area contributed by atoms with Gasteiger partial charge in [0.05, 0.1) is 22.0 Å². The highest BCUT2D eigenvalue weighted by Crippen LogP contribution is 2.33. The van der Waals surface area contributed by atoms with Crippen molar-refractivity contribution in [3.05, 3.63) is 126 Å². The molecule has 190 valence electrons. The number of carbonyl (C=O) groups is 1. The molecule has 6 nitrogen and oxygen atoms in total. The first-order valence-electron chi connectivity index (χ1n) is 12.4. The molecule has 1 amide bonds. The molecule has 0 aliphatic carbocycles. The zero-order valence-electron chi connectivity index (χ0n) is 21.1. The summed E-state index contributed by atoms with van der Waals surface area (Å²) in [5.41, 5.74) is 6.69. The molecular weight excluding hydrogens is 504 g/mol. The molecule has 1 aliphatic heterocycles. The molecule has 0 saturated heterocycles. The summed E-state index contributed by atoms with van der Waals surface area (Å²) in [6.45, 7) is 0. The lowest BCUT2D eigenvalue weighted by Gasteiger charge is -2.17. The lowest BCUT2D eigenvalue weighted by Crippen LogP contribution is -2.21. The van der Waals surface area contributed by atoms with Crippen molar-refractivity contribution in [2.75, 3.05) is 11.9 Å². The zero-order valence-corrected chi connectivity index (χ0v) is 21.9. The number of hydrogen-bond donors (Lipinski definition) is 1. The molecule has 4 aromatic carbocycles. The lowest BCUT2D eigenvalue weighted by atomic mass is 10.1. The third-order valence-electron chi connectivity index (χ3n) is 6.42. The fraction of sp³-hybridized carbons (Fsp3) is 0.0312. The van der Waals surface area contributed by atoms with E-state index in [1.165, 1.54) is 11.8 Å². The summed E-state index contributed by atoms with van der Waals surface area (Å²) in [6, 6.07) is 37.2. The van der Waals surface area contributed by atoms with Crippen LogP contribution in [0.4, 0.5) is 5.69 Å². The van der Waals surface area contributed by atoms with E-state index in [0.29, 0.717) is 10.1 Å². The van der Waals surface area contributed by atoms with Crippen molar-refractivity contribution in [2.45, 2.75) is 0 Å². The molecule has 0 bridgehead atoms. The average molecular weight is 529 g/mol. The molecule has 0 unspecified atom stereocenters. The molecular formula is C32H24N4O2S. The molecule has 0 spiro atoms. The molecule has 1 N–H and O–H groups in total. The summed E-state index contributed by atoms with van der Waals surface area (Å²) < 4.78 is 1.96. The minimum absolute atomic E-state index is 0.190. The molecule has 6 rings (SSSR count). The molecule has 1 aliphatic rings. The number of aromatic nitrogens is 2. The Hall–Kier alpha value is -4.88. The van der Waals surface area contributed by atoms with E-state index in [0.717, 1.165) is 39.5 Å². The Morgan fingerprint density at radius 3 is 2.13 bits per heavy atom. The quantitative estimate of drug-likeness (QED) is 0.248. The Kier molecular flexibility index (Phi) is 6.57. The lowest BCUT2D eigenvalue weighted by molar-refractivity contribution is -0.113. The maximum Gasteiger partial charge on any atom is 0.286 e. The number of phenols is 1. The monoisotopic (exact) mass is 528 g/mol. The number of hydrogen-bond acceptors (Lipinski definition) is 5. The van der Waals surface area contributed by atoms with Gasteiger partial charge >= 0.3 is 0 Å². The smallest absolute Gasteiger partial charge is 0.286 e. The molecule has 2 heterocycles. The van der Waals surface area contributed by atoms with Gasteiger partial charge in [0.2, 0.25) is 0 Å². The summed E-state index contributed by atoms with van der Waals surface area (Å²) >= 11 is 1.33. The van der Waals surface area contributed by atoms with Gasteiger partial charge in [0.25, 0.3) is 5.91 Å². The minimum Gasteiger partial charge on any atom is -0.508 e. The van der Waals surface area contributed by atoms with Crippen LogP contribution in [0.15, 0.2) is 125 Å². The van der Waals surface area contributed by atoms with Gasteiger partial charge in [-0.2, -0.15) is 10.1 Å². The molecule has 0 fully saturated rings. The third-order valence-corrected chi connectivity index (χ3v) is 7.48. The van der Waals surface area contributed by atoms with Crippen LogP contribution >= 0.6 is 11.8 Å². The van der Waals surface area contributed by atoms with E-state index in [9.17, 15) is 9.90 Å². The third kappa shape index (κ3) is 5.12. The van der Waals surface area contributed by atoms with Gasteiger partial charge in [-0.05, 0) is 65.9 Å². The van der Waals surface area contributed by atoms with Crippen LogP contribution < -0.4 is 4.90 Å². The van der Waals surface area contributed by atoms with Crippen molar-refractivity contribution >= 4 is 34.6 Å². The van der Waals surface area contributed by atoms with Gasteiger partial charge in [-0.1, -0.05) is 72.8 Å². The van der Waals surface area contributed by atoms with Crippen LogP contribution in [0, 0.1) is 0 Å². The zero-order chi connectivity index (χ0) is 26.8. The first-order valence-corrected chi connectivity index (χ1v) is 13.2. The van der Waals surface area contributed by atoms with Crippen LogP contribution in [0.5, 0.6) is 5.75 Å². The van der Waals surface area contributed by atoms with Crippen LogP contribution in [0.2, 0.25) is 0 Å². The van der Waals surface area contributed by atoms with Gasteiger partial charge in [-0.25, -0.2) is 4.68 Å². The second kappa shape index (κ2) is 10.5. The van der Waals surface area contributed by atoms with E-state index in [1.54, 1.807) is 24.3 Å². The van der Waals surface area contributed by atoms with E-state index in [-0.39, 0.29) is 11.7 Å². The van der Waals surface area contributed by atoms with E-state index in [4.69, 9.17) is 5.10 Å². The predicted molar refractivity (Wildman–Crippen MR) is 159 cm³/mol. The number of phenolic OH excluding ortho intramolecular Hbond substituents is 1. The molecule has 1 aromatic heterocycles. The number of benzene rings is 4. The largest absolute Gasteiger partial charge is 0.508 e. The first kappa shape index (κ1) is 24.5. The van der Waals surface area contributed by atoms with Gasteiger partial charge < -0.3 is 10.0 Å². The Labute approximate surface area is 230 Å². The van der Waals surface area contributed by atoms with Crippen LogP contribution in [0.25, 0.3) is 34.3 Å². The highest BCUT2D eigenvalue weighted by Gasteiger charge is 2.25. The van der Waals surface area contributed by atoms with Crippen LogP contribution in [0.3, 0.4) is 0 Å². The van der Waals surface area contributed by atoms with Gasteiger partial charge in [-0.15, -0.1) is 0 Å². The molecule has 0 radical (unpaired) electrons. The fourth-order valence-corrected chi connectivity index (χ4v) is 5.23. The molecule has 7 heteroatoms. The molecule has 39 heavy (non-hydrogen) atoms. The summed E-state index contributed by atoms with van der Waals surface area (Å²) in [5, 5.41) is 15.1. The number of thioether (sulfide) groups is 1. The normalized spacial score (nSPS) is 14.0. The van der Waals surface area contributed by atoms with E-state index >= 15 is 0 Å². The van der Waals surface area contributed by atoms with Crippen molar-refractivity contribution in [1.29, 1.82) is 0 Å². The van der Waals surface area contributed by atoms with Crippen molar-refractivity contribution in [2.24, 2.45) is 4.99 Å². The topological polar surface area (TPSA) is 70.7 Å². The maximum absolute atomic E-state index is 12.6. The van der Waals surface area contributed by atoms with Crippen molar-refractivity contribution in [3.63, 3.8) is 0 Å². The Morgan fingerprint density at radius 2 is 1.46 bits per heavy atom.